The summed E-state index contributed by atoms with van der Waals surface area (Å²) in [7, 11) is 3.99. The van der Waals surface area contributed by atoms with Gasteiger partial charge in [-0.05, 0) is 38.3 Å². The molecule has 0 aliphatic rings. The number of ether oxygens (including phenoxy) is 1. The molecule has 1 rings (SSSR count). The van der Waals surface area contributed by atoms with Gasteiger partial charge >= 0.3 is 0 Å². The van der Waals surface area contributed by atoms with Crippen molar-refractivity contribution in [2.75, 3.05) is 20.7 Å². The monoisotopic (exact) mass is 208 g/mol. The summed E-state index contributed by atoms with van der Waals surface area (Å²) < 4.78 is 5.53. The molecule has 0 fully saturated rings. The van der Waals surface area contributed by atoms with Crippen molar-refractivity contribution in [1.29, 1.82) is 0 Å². The predicted octanol–water partition coefficient (Wildman–Crippen LogP) is 2.41. The second-order valence-corrected chi connectivity index (χ2v) is 3.71. The summed E-state index contributed by atoms with van der Waals surface area (Å²) in [6.45, 7) is 2.66. The van der Waals surface area contributed by atoms with Gasteiger partial charge in [0.1, 0.15) is 18.0 Å². The fraction of sp³-hybridized carbons (Fsp3) is 0.455. The Bertz CT molecular complexity index is 326. The first-order valence-corrected chi connectivity index (χ1v) is 4.86. The molecule has 0 radical (unpaired) electrons. The van der Waals surface area contributed by atoms with Gasteiger partial charge in [0.15, 0.2) is 0 Å². The van der Waals surface area contributed by atoms with Crippen molar-refractivity contribution < 1.29 is 4.74 Å². The molecule has 0 bridgehead atoms. The van der Waals surface area contributed by atoms with E-state index in [4.69, 9.17) is 4.74 Å². The Balaban J connectivity index is 2.53. The maximum Gasteiger partial charge on any atom is 0.121 e. The van der Waals surface area contributed by atoms with Crippen LogP contribution < -0.4 is 4.74 Å². The minimum atomic E-state index is 0.331. The van der Waals surface area contributed by atoms with Gasteiger partial charge in [0, 0.05) is 12.1 Å². The Morgan fingerprint density at radius 2 is 2.20 bits per heavy atom. The minimum absolute atomic E-state index is 0.331. The molecule has 4 nitrogen and oxygen atoms in total. The Kier molecular flexibility index (Phi) is 4.24. The normalized spacial score (nSPS) is 12.5. The van der Waals surface area contributed by atoms with E-state index in [0.29, 0.717) is 24.1 Å². The van der Waals surface area contributed by atoms with Crippen LogP contribution in [0.25, 0.3) is 0 Å². The van der Waals surface area contributed by atoms with Crippen LogP contribution in [0, 0.1) is 4.91 Å². The Morgan fingerprint density at radius 3 is 2.80 bits per heavy atom. The fourth-order valence-corrected chi connectivity index (χ4v) is 0.996. The highest BCUT2D eigenvalue weighted by atomic mass is 16.5. The second-order valence-electron chi connectivity index (χ2n) is 3.71. The van der Waals surface area contributed by atoms with Crippen LogP contribution in [-0.4, -0.2) is 31.6 Å². The number of hydrogen-bond acceptors (Lipinski definition) is 4. The lowest BCUT2D eigenvalue weighted by atomic mass is 10.3. The van der Waals surface area contributed by atoms with Crippen molar-refractivity contribution in [2.24, 2.45) is 5.18 Å². The van der Waals surface area contributed by atoms with Crippen molar-refractivity contribution in [3.8, 4) is 5.75 Å². The number of nitrogens with zero attached hydrogens (tertiary/aromatic N) is 2. The largest absolute Gasteiger partial charge is 0.492 e. The summed E-state index contributed by atoms with van der Waals surface area (Å²) in [6.07, 6.45) is 0. The minimum Gasteiger partial charge on any atom is -0.492 e. The van der Waals surface area contributed by atoms with E-state index in [1.54, 1.807) is 18.2 Å². The highest BCUT2D eigenvalue weighted by Crippen LogP contribution is 2.19. The first-order chi connectivity index (χ1) is 7.13. The summed E-state index contributed by atoms with van der Waals surface area (Å²) in [5.74, 6) is 0.681. The van der Waals surface area contributed by atoms with Gasteiger partial charge in [0.25, 0.3) is 0 Å². The van der Waals surface area contributed by atoms with Gasteiger partial charge in [-0.15, -0.1) is 4.91 Å². The fourth-order valence-electron chi connectivity index (χ4n) is 0.996. The lowest BCUT2D eigenvalue weighted by Gasteiger charge is -2.19. The van der Waals surface area contributed by atoms with Crippen molar-refractivity contribution >= 4 is 5.69 Å². The van der Waals surface area contributed by atoms with Crippen molar-refractivity contribution in [3.05, 3.63) is 29.2 Å². The third-order valence-electron chi connectivity index (χ3n) is 2.30. The van der Waals surface area contributed by atoms with Crippen molar-refractivity contribution in [1.82, 2.24) is 4.90 Å². The summed E-state index contributed by atoms with van der Waals surface area (Å²) in [4.78, 5) is 12.4. The number of benzene rings is 1. The molecule has 0 spiro atoms. The number of hydrogen-bond donors (Lipinski definition) is 0. The van der Waals surface area contributed by atoms with Gasteiger partial charge in [0.2, 0.25) is 0 Å². The molecule has 0 aromatic heterocycles. The van der Waals surface area contributed by atoms with Crippen LogP contribution in [0.1, 0.15) is 6.92 Å². The highest BCUT2D eigenvalue weighted by molar-refractivity contribution is 5.42. The van der Waals surface area contributed by atoms with Crippen molar-refractivity contribution in [3.63, 3.8) is 0 Å². The van der Waals surface area contributed by atoms with E-state index in [1.807, 2.05) is 20.2 Å². The topological polar surface area (TPSA) is 41.9 Å². The highest BCUT2D eigenvalue weighted by Gasteiger charge is 2.05. The molecular weight excluding hydrogens is 192 g/mol. The average molecular weight is 208 g/mol. The zero-order valence-corrected chi connectivity index (χ0v) is 9.30. The molecule has 0 saturated carbocycles. The molecule has 0 N–H and O–H groups in total. The van der Waals surface area contributed by atoms with Crippen LogP contribution in [-0.2, 0) is 0 Å². The van der Waals surface area contributed by atoms with Gasteiger partial charge in [-0.2, -0.15) is 0 Å². The van der Waals surface area contributed by atoms with Gasteiger partial charge < -0.3 is 9.64 Å². The molecule has 0 amide bonds. The summed E-state index contributed by atoms with van der Waals surface area (Å²) in [5.41, 5.74) is 0.394. The third-order valence-corrected chi connectivity index (χ3v) is 2.30. The molecule has 0 heterocycles. The molecule has 0 aliphatic heterocycles. The first-order valence-electron chi connectivity index (χ1n) is 4.86. The van der Waals surface area contributed by atoms with E-state index in [0.717, 1.165) is 0 Å². The summed E-state index contributed by atoms with van der Waals surface area (Å²) in [6, 6.07) is 7.19. The van der Waals surface area contributed by atoms with Crippen LogP contribution in [0.2, 0.25) is 0 Å². The number of rotatable bonds is 5. The molecule has 4 heteroatoms. The smallest absolute Gasteiger partial charge is 0.121 e. The zero-order valence-electron chi connectivity index (χ0n) is 9.30. The molecular formula is C11H16N2O2. The SMILES string of the molecule is C[C@H](COc1cccc(N=O)c1)N(C)C. The van der Waals surface area contributed by atoms with Crippen LogP contribution >= 0.6 is 0 Å². The summed E-state index contributed by atoms with van der Waals surface area (Å²) in [5, 5.41) is 2.85. The second kappa shape index (κ2) is 5.46. The maximum atomic E-state index is 10.3. The molecule has 1 atom stereocenters. The summed E-state index contributed by atoms with van der Waals surface area (Å²) >= 11 is 0. The third kappa shape index (κ3) is 3.67. The molecule has 0 saturated heterocycles. The van der Waals surface area contributed by atoms with Gasteiger partial charge in [-0.3, -0.25) is 0 Å². The van der Waals surface area contributed by atoms with Crippen LogP contribution in [0.4, 0.5) is 5.69 Å². The quantitative estimate of drug-likeness (QED) is 0.698. The zero-order chi connectivity index (χ0) is 11.3. The number of nitroso groups, excluding NO2 is 1. The first kappa shape index (κ1) is 11.7. The van der Waals surface area contributed by atoms with E-state index < -0.39 is 0 Å². The van der Waals surface area contributed by atoms with Crippen LogP contribution in [0.15, 0.2) is 29.4 Å². The Morgan fingerprint density at radius 1 is 1.47 bits per heavy atom. The van der Waals surface area contributed by atoms with Crippen molar-refractivity contribution in [2.45, 2.75) is 13.0 Å². The van der Waals surface area contributed by atoms with E-state index in [-0.39, 0.29) is 0 Å². The van der Waals surface area contributed by atoms with Gasteiger partial charge in [-0.1, -0.05) is 6.07 Å². The lowest BCUT2D eigenvalue weighted by Crippen LogP contribution is -2.30. The van der Waals surface area contributed by atoms with Gasteiger partial charge in [-0.25, -0.2) is 0 Å². The molecule has 0 aliphatic carbocycles. The lowest BCUT2D eigenvalue weighted by molar-refractivity contribution is 0.198. The van der Waals surface area contributed by atoms with E-state index >= 15 is 0 Å². The van der Waals surface area contributed by atoms with Gasteiger partial charge in [0.05, 0.1) is 0 Å². The van der Waals surface area contributed by atoms with Crippen LogP contribution in [0.3, 0.4) is 0 Å². The predicted molar refractivity (Wildman–Crippen MR) is 60.5 cm³/mol. The maximum absolute atomic E-state index is 10.3. The van der Waals surface area contributed by atoms with Crippen LogP contribution in [0.5, 0.6) is 5.75 Å². The average Bonchev–Trinajstić information content (AvgIpc) is 2.26. The van der Waals surface area contributed by atoms with E-state index in [9.17, 15) is 4.91 Å². The molecule has 0 unspecified atom stereocenters. The van der Waals surface area contributed by atoms with E-state index in [1.165, 1.54) is 0 Å². The molecule has 82 valence electrons. The number of likely N-dealkylation sites (N-methyl/N-ethyl adjacent to an activating group) is 1. The standard InChI is InChI=1S/C11H16N2O2/c1-9(13(2)3)8-15-11-6-4-5-10(7-11)12-14/h4-7,9H,8H2,1-3H3/t9-/m1/s1. The molecule has 1 aromatic rings. The molecule has 1 aromatic carbocycles. The Labute approximate surface area is 89.8 Å². The Hall–Kier alpha value is -1.42. The molecule has 15 heavy (non-hydrogen) atoms. The van der Waals surface area contributed by atoms with E-state index in [2.05, 4.69) is 17.0 Å².